The van der Waals surface area contributed by atoms with Crippen molar-refractivity contribution in [1.82, 2.24) is 19.8 Å². The van der Waals surface area contributed by atoms with Crippen molar-refractivity contribution in [2.45, 2.75) is 13.1 Å². The van der Waals surface area contributed by atoms with Crippen LogP contribution in [0.25, 0.3) is 17.0 Å². The number of hydrogen-bond donors (Lipinski definition) is 2. The molecule has 1 aliphatic heterocycles. The number of anilines is 1. The fraction of sp³-hybridized carbons (Fsp3) is 0.227. The average Bonchev–Trinajstić information content (AvgIpc) is 3.12. The van der Waals surface area contributed by atoms with Gasteiger partial charge in [0.25, 0.3) is 0 Å². The van der Waals surface area contributed by atoms with Gasteiger partial charge in [-0.2, -0.15) is 0 Å². The molecule has 148 valence electrons. The fourth-order valence-electron chi connectivity index (χ4n) is 3.53. The zero-order valence-electron chi connectivity index (χ0n) is 16.5. The zero-order chi connectivity index (χ0) is 20.4. The Labute approximate surface area is 169 Å². The van der Waals surface area contributed by atoms with E-state index in [1.807, 2.05) is 48.5 Å². The maximum atomic E-state index is 12.6. The van der Waals surface area contributed by atoms with Crippen molar-refractivity contribution < 1.29 is 9.59 Å². The van der Waals surface area contributed by atoms with Crippen LogP contribution in [-0.2, 0) is 22.7 Å². The average molecular weight is 389 g/mol. The van der Waals surface area contributed by atoms with Crippen LogP contribution in [0.1, 0.15) is 16.7 Å². The molecule has 0 aliphatic carbocycles. The van der Waals surface area contributed by atoms with E-state index >= 15 is 0 Å². The third-order valence-corrected chi connectivity index (χ3v) is 4.98. The highest BCUT2D eigenvalue weighted by Gasteiger charge is 2.17. The predicted molar refractivity (Wildman–Crippen MR) is 113 cm³/mol. The SMILES string of the molecule is CN1CC(=O)Nc2ncc(/C=C/C(=O)N(C)Cc3cccc4cc[nH]c34)cc2C1. The Balaban J connectivity index is 1.46. The van der Waals surface area contributed by atoms with Crippen LogP contribution >= 0.6 is 0 Å². The summed E-state index contributed by atoms with van der Waals surface area (Å²) in [5.74, 6) is 0.420. The summed E-state index contributed by atoms with van der Waals surface area (Å²) in [5.41, 5.74) is 3.88. The number of benzene rings is 1. The van der Waals surface area contributed by atoms with Crippen LogP contribution < -0.4 is 5.32 Å². The standard InChI is InChI=1S/C22H23N5O2/c1-26-12-18-10-15(11-24-22(18)25-19(28)14-26)6-7-20(29)27(2)13-17-5-3-4-16-8-9-23-21(16)17/h3-11,23H,12-14H2,1-2H3,(H,24,25,28)/b7-6+. The largest absolute Gasteiger partial charge is 0.361 e. The van der Waals surface area contributed by atoms with Gasteiger partial charge in [0, 0.05) is 44.2 Å². The number of rotatable bonds is 4. The first-order valence-electron chi connectivity index (χ1n) is 9.45. The van der Waals surface area contributed by atoms with Crippen molar-refractivity contribution in [3.8, 4) is 0 Å². The number of amides is 2. The molecule has 2 amide bonds. The molecule has 3 heterocycles. The molecule has 0 saturated heterocycles. The summed E-state index contributed by atoms with van der Waals surface area (Å²) in [6, 6.07) is 10.0. The van der Waals surface area contributed by atoms with Gasteiger partial charge in [0.05, 0.1) is 12.1 Å². The highest BCUT2D eigenvalue weighted by Crippen LogP contribution is 2.20. The van der Waals surface area contributed by atoms with Gasteiger partial charge in [-0.25, -0.2) is 4.98 Å². The van der Waals surface area contributed by atoms with Crippen LogP contribution in [-0.4, -0.2) is 52.2 Å². The summed E-state index contributed by atoms with van der Waals surface area (Å²) in [6.45, 7) is 1.47. The molecule has 0 spiro atoms. The van der Waals surface area contributed by atoms with Crippen LogP contribution in [0.2, 0.25) is 0 Å². The van der Waals surface area contributed by atoms with E-state index in [-0.39, 0.29) is 11.8 Å². The Morgan fingerprint density at radius 3 is 3.03 bits per heavy atom. The number of H-pyrrole nitrogens is 1. The monoisotopic (exact) mass is 389 g/mol. The van der Waals surface area contributed by atoms with Crippen LogP contribution in [0.4, 0.5) is 5.82 Å². The molecular formula is C22H23N5O2. The molecule has 2 aromatic heterocycles. The van der Waals surface area contributed by atoms with Crippen molar-refractivity contribution in [2.24, 2.45) is 0 Å². The molecule has 4 rings (SSSR count). The van der Waals surface area contributed by atoms with E-state index in [4.69, 9.17) is 0 Å². The van der Waals surface area contributed by atoms with Gasteiger partial charge in [0.15, 0.2) is 0 Å². The maximum absolute atomic E-state index is 12.6. The smallest absolute Gasteiger partial charge is 0.246 e. The number of likely N-dealkylation sites (N-methyl/N-ethyl adjacent to an activating group) is 2. The molecule has 7 nitrogen and oxygen atoms in total. The molecule has 29 heavy (non-hydrogen) atoms. The van der Waals surface area contributed by atoms with E-state index in [1.54, 1.807) is 30.3 Å². The second kappa shape index (κ2) is 7.89. The number of pyridine rings is 1. The number of aromatic amines is 1. The molecule has 7 heteroatoms. The van der Waals surface area contributed by atoms with Gasteiger partial charge in [-0.3, -0.25) is 14.5 Å². The predicted octanol–water partition coefficient (Wildman–Crippen LogP) is 2.62. The van der Waals surface area contributed by atoms with Gasteiger partial charge in [-0.15, -0.1) is 0 Å². The van der Waals surface area contributed by atoms with Crippen molar-refractivity contribution >= 4 is 34.6 Å². The highest BCUT2D eigenvalue weighted by atomic mass is 16.2. The van der Waals surface area contributed by atoms with Gasteiger partial charge in [0.2, 0.25) is 11.8 Å². The Hall–Kier alpha value is -3.45. The van der Waals surface area contributed by atoms with Gasteiger partial charge < -0.3 is 15.2 Å². The van der Waals surface area contributed by atoms with Gasteiger partial charge in [-0.1, -0.05) is 18.2 Å². The molecule has 0 bridgehead atoms. The quantitative estimate of drug-likeness (QED) is 0.672. The van der Waals surface area contributed by atoms with E-state index in [0.29, 0.717) is 25.5 Å². The van der Waals surface area contributed by atoms with Crippen LogP contribution in [0.3, 0.4) is 0 Å². The Morgan fingerprint density at radius 2 is 2.17 bits per heavy atom. The van der Waals surface area contributed by atoms with Crippen LogP contribution in [0, 0.1) is 0 Å². The molecule has 0 radical (unpaired) electrons. The normalized spacial score (nSPS) is 14.6. The lowest BCUT2D eigenvalue weighted by Crippen LogP contribution is -2.26. The molecule has 0 fully saturated rings. The third-order valence-electron chi connectivity index (χ3n) is 4.98. The minimum absolute atomic E-state index is 0.0732. The maximum Gasteiger partial charge on any atom is 0.246 e. The van der Waals surface area contributed by atoms with Crippen molar-refractivity contribution in [1.29, 1.82) is 0 Å². The van der Waals surface area contributed by atoms with E-state index in [9.17, 15) is 9.59 Å². The van der Waals surface area contributed by atoms with Crippen LogP contribution in [0.5, 0.6) is 0 Å². The molecule has 1 aromatic carbocycles. The molecule has 0 saturated carbocycles. The van der Waals surface area contributed by atoms with Crippen molar-refractivity contribution in [3.05, 3.63) is 65.5 Å². The number of carbonyl (C=O) groups is 2. The fourth-order valence-corrected chi connectivity index (χ4v) is 3.53. The van der Waals surface area contributed by atoms with Crippen LogP contribution in [0.15, 0.2) is 48.8 Å². The minimum Gasteiger partial charge on any atom is -0.361 e. The second-order valence-corrected chi connectivity index (χ2v) is 7.38. The van der Waals surface area contributed by atoms with Crippen molar-refractivity contribution in [3.63, 3.8) is 0 Å². The second-order valence-electron chi connectivity index (χ2n) is 7.38. The van der Waals surface area contributed by atoms with E-state index in [2.05, 4.69) is 15.3 Å². The first kappa shape index (κ1) is 18.9. The van der Waals surface area contributed by atoms with Gasteiger partial charge >= 0.3 is 0 Å². The van der Waals surface area contributed by atoms with Gasteiger partial charge in [0.1, 0.15) is 5.82 Å². The van der Waals surface area contributed by atoms with E-state index in [1.165, 1.54) is 0 Å². The van der Waals surface area contributed by atoms with E-state index in [0.717, 1.165) is 27.6 Å². The number of aromatic nitrogens is 2. The molecular weight excluding hydrogens is 366 g/mol. The summed E-state index contributed by atoms with van der Waals surface area (Å²) < 4.78 is 0. The Kier molecular flexibility index (Phi) is 5.14. The minimum atomic E-state index is -0.0890. The molecule has 2 N–H and O–H groups in total. The lowest BCUT2D eigenvalue weighted by Gasteiger charge is -2.16. The number of para-hydroxylation sites is 1. The summed E-state index contributed by atoms with van der Waals surface area (Å²) in [4.78, 5) is 35.5. The first-order valence-corrected chi connectivity index (χ1v) is 9.45. The lowest BCUT2D eigenvalue weighted by molar-refractivity contribution is -0.125. The topological polar surface area (TPSA) is 81.3 Å². The summed E-state index contributed by atoms with van der Waals surface area (Å²) in [6.07, 6.45) is 6.88. The van der Waals surface area contributed by atoms with Crippen molar-refractivity contribution in [2.75, 3.05) is 26.0 Å². The number of hydrogen-bond acceptors (Lipinski definition) is 4. The Bertz CT molecular complexity index is 1100. The summed E-state index contributed by atoms with van der Waals surface area (Å²) in [7, 11) is 3.68. The van der Waals surface area contributed by atoms with E-state index < -0.39 is 0 Å². The molecule has 0 unspecified atom stereocenters. The number of nitrogens with one attached hydrogen (secondary N) is 2. The molecule has 3 aromatic rings. The first-order chi connectivity index (χ1) is 14.0. The van der Waals surface area contributed by atoms with Gasteiger partial charge in [-0.05, 0) is 41.8 Å². The number of fused-ring (bicyclic) bond motifs is 2. The number of carbonyl (C=O) groups excluding carboxylic acids is 2. The summed E-state index contributed by atoms with van der Waals surface area (Å²) in [5, 5.41) is 3.94. The molecule has 0 atom stereocenters. The summed E-state index contributed by atoms with van der Waals surface area (Å²) >= 11 is 0. The molecule has 1 aliphatic rings. The Morgan fingerprint density at radius 1 is 1.31 bits per heavy atom. The lowest BCUT2D eigenvalue weighted by atomic mass is 10.1. The number of nitrogens with zero attached hydrogens (tertiary/aromatic N) is 3. The third kappa shape index (κ3) is 4.20. The highest BCUT2D eigenvalue weighted by molar-refractivity contribution is 5.93. The zero-order valence-corrected chi connectivity index (χ0v) is 16.5.